The Kier molecular flexibility index (Phi) is 1.81. The summed E-state index contributed by atoms with van der Waals surface area (Å²) in [6, 6.07) is 5.62. The lowest BCUT2D eigenvalue weighted by Gasteiger charge is -2.02. The van der Waals surface area contributed by atoms with E-state index in [-0.39, 0.29) is 5.69 Å². The summed E-state index contributed by atoms with van der Waals surface area (Å²) >= 11 is 0. The van der Waals surface area contributed by atoms with E-state index in [2.05, 4.69) is 5.10 Å². The number of aromatic nitrogens is 2. The van der Waals surface area contributed by atoms with Gasteiger partial charge in [0, 0.05) is 12.4 Å². The first-order valence-corrected chi connectivity index (χ1v) is 3.73. The number of benzene rings is 1. The zero-order valence-electron chi connectivity index (χ0n) is 6.61. The Balaban J connectivity index is 2.59. The van der Waals surface area contributed by atoms with Crippen LogP contribution in [0.5, 0.6) is 0 Å². The first-order chi connectivity index (χ1) is 6.29. The molecule has 2 nitrogen and oxygen atoms in total. The first kappa shape index (κ1) is 7.91. The van der Waals surface area contributed by atoms with Crippen molar-refractivity contribution in [2.24, 2.45) is 0 Å². The summed E-state index contributed by atoms with van der Waals surface area (Å²) in [6.45, 7) is 0. The Labute approximate surface area is 73.4 Å². The Bertz CT molecular complexity index is 410. The summed E-state index contributed by atoms with van der Waals surface area (Å²) in [7, 11) is 0. The molecule has 0 fully saturated rings. The second kappa shape index (κ2) is 2.97. The molecule has 0 unspecified atom stereocenters. The predicted octanol–water partition coefficient (Wildman–Crippen LogP) is 2.15. The Hall–Kier alpha value is -1.71. The molecule has 0 spiro atoms. The molecule has 1 aromatic carbocycles. The van der Waals surface area contributed by atoms with E-state index in [1.807, 2.05) is 0 Å². The van der Waals surface area contributed by atoms with Crippen LogP contribution in [0.15, 0.2) is 36.7 Å². The van der Waals surface area contributed by atoms with Crippen molar-refractivity contribution in [3.8, 4) is 5.69 Å². The van der Waals surface area contributed by atoms with Gasteiger partial charge in [-0.1, -0.05) is 6.07 Å². The van der Waals surface area contributed by atoms with Crippen molar-refractivity contribution in [3.05, 3.63) is 48.3 Å². The van der Waals surface area contributed by atoms with Gasteiger partial charge in [0.1, 0.15) is 5.69 Å². The Morgan fingerprint density at radius 1 is 1.15 bits per heavy atom. The maximum Gasteiger partial charge on any atom is 0.184 e. The molecule has 0 aliphatic rings. The maximum absolute atomic E-state index is 13.1. The zero-order valence-corrected chi connectivity index (χ0v) is 6.61. The predicted molar refractivity (Wildman–Crippen MR) is 43.5 cm³/mol. The molecular weight excluding hydrogens is 174 g/mol. The maximum atomic E-state index is 13.1. The van der Waals surface area contributed by atoms with Gasteiger partial charge in [-0.3, -0.25) is 0 Å². The second-order valence-corrected chi connectivity index (χ2v) is 2.52. The number of nitrogens with zero attached hydrogens (tertiary/aromatic N) is 2. The third kappa shape index (κ3) is 1.30. The van der Waals surface area contributed by atoms with Gasteiger partial charge in [-0.2, -0.15) is 5.10 Å². The molecule has 0 bridgehead atoms. The largest absolute Gasteiger partial charge is 0.238 e. The van der Waals surface area contributed by atoms with Crippen molar-refractivity contribution >= 4 is 0 Å². The van der Waals surface area contributed by atoms with Gasteiger partial charge < -0.3 is 0 Å². The highest BCUT2D eigenvalue weighted by Crippen LogP contribution is 2.14. The topological polar surface area (TPSA) is 17.8 Å². The van der Waals surface area contributed by atoms with Crippen LogP contribution in [-0.2, 0) is 0 Å². The van der Waals surface area contributed by atoms with E-state index in [1.54, 1.807) is 12.3 Å². The van der Waals surface area contributed by atoms with Crippen LogP contribution < -0.4 is 0 Å². The van der Waals surface area contributed by atoms with Gasteiger partial charge >= 0.3 is 0 Å². The second-order valence-electron chi connectivity index (χ2n) is 2.52. The van der Waals surface area contributed by atoms with Crippen molar-refractivity contribution in [3.63, 3.8) is 0 Å². The van der Waals surface area contributed by atoms with E-state index in [4.69, 9.17) is 0 Å². The van der Waals surface area contributed by atoms with E-state index >= 15 is 0 Å². The number of halogens is 2. The van der Waals surface area contributed by atoms with Crippen LogP contribution in [0.1, 0.15) is 0 Å². The third-order valence-corrected chi connectivity index (χ3v) is 1.68. The van der Waals surface area contributed by atoms with Crippen LogP contribution in [0.4, 0.5) is 8.78 Å². The van der Waals surface area contributed by atoms with Crippen molar-refractivity contribution in [2.45, 2.75) is 0 Å². The molecule has 0 saturated carbocycles. The van der Waals surface area contributed by atoms with Crippen LogP contribution in [0.25, 0.3) is 5.69 Å². The highest BCUT2D eigenvalue weighted by atomic mass is 19.2. The summed E-state index contributed by atoms with van der Waals surface area (Å²) in [5.74, 6) is -1.75. The van der Waals surface area contributed by atoms with Crippen molar-refractivity contribution < 1.29 is 8.78 Å². The van der Waals surface area contributed by atoms with Crippen LogP contribution >= 0.6 is 0 Å². The molecule has 1 heterocycles. The van der Waals surface area contributed by atoms with Gasteiger partial charge in [0.2, 0.25) is 0 Å². The minimum Gasteiger partial charge on any atom is -0.238 e. The molecule has 0 saturated heterocycles. The number of rotatable bonds is 1. The van der Waals surface area contributed by atoms with Gasteiger partial charge in [-0.05, 0) is 18.2 Å². The molecule has 0 radical (unpaired) electrons. The fourth-order valence-corrected chi connectivity index (χ4v) is 1.08. The third-order valence-electron chi connectivity index (χ3n) is 1.68. The standard InChI is InChI=1S/C9H6F2N2/c10-7-3-1-4-8(9(7)11)13-6-2-5-12-13/h1-6H. The van der Waals surface area contributed by atoms with E-state index < -0.39 is 11.6 Å². The number of hydrogen-bond donors (Lipinski definition) is 0. The van der Waals surface area contributed by atoms with Gasteiger partial charge in [0.05, 0.1) is 0 Å². The monoisotopic (exact) mass is 180 g/mol. The van der Waals surface area contributed by atoms with Crippen LogP contribution in [0.3, 0.4) is 0 Å². The lowest BCUT2D eigenvalue weighted by molar-refractivity contribution is 0.501. The molecule has 4 heteroatoms. The van der Waals surface area contributed by atoms with Crippen LogP contribution in [0, 0.1) is 11.6 Å². The van der Waals surface area contributed by atoms with Crippen LogP contribution in [0.2, 0.25) is 0 Å². The highest BCUT2D eigenvalue weighted by molar-refractivity contribution is 5.32. The average molecular weight is 180 g/mol. The molecule has 0 aliphatic carbocycles. The molecule has 66 valence electrons. The summed E-state index contributed by atoms with van der Waals surface area (Å²) in [5, 5.41) is 3.80. The minimum absolute atomic E-state index is 0.116. The summed E-state index contributed by atoms with van der Waals surface area (Å²) in [6.07, 6.45) is 3.06. The summed E-state index contributed by atoms with van der Waals surface area (Å²) in [5.41, 5.74) is 0.116. The van der Waals surface area contributed by atoms with Crippen molar-refractivity contribution in [2.75, 3.05) is 0 Å². The summed E-state index contributed by atoms with van der Waals surface area (Å²) in [4.78, 5) is 0. The van der Waals surface area contributed by atoms with E-state index in [0.717, 1.165) is 6.07 Å². The normalized spacial score (nSPS) is 10.3. The molecule has 2 aromatic rings. The van der Waals surface area contributed by atoms with E-state index in [9.17, 15) is 8.78 Å². The van der Waals surface area contributed by atoms with Crippen molar-refractivity contribution in [1.29, 1.82) is 0 Å². The van der Waals surface area contributed by atoms with Gasteiger partial charge in [0.25, 0.3) is 0 Å². The average Bonchev–Trinajstić information content (AvgIpc) is 2.62. The first-order valence-electron chi connectivity index (χ1n) is 3.73. The fourth-order valence-electron chi connectivity index (χ4n) is 1.08. The van der Waals surface area contributed by atoms with Gasteiger partial charge in [0.15, 0.2) is 11.6 Å². The molecular formula is C9H6F2N2. The molecule has 0 N–H and O–H groups in total. The van der Waals surface area contributed by atoms with Crippen LogP contribution in [-0.4, -0.2) is 9.78 Å². The highest BCUT2D eigenvalue weighted by Gasteiger charge is 2.08. The minimum atomic E-state index is -0.883. The van der Waals surface area contributed by atoms with Crippen molar-refractivity contribution in [1.82, 2.24) is 9.78 Å². The van der Waals surface area contributed by atoms with Gasteiger partial charge in [-0.25, -0.2) is 13.5 Å². The molecule has 2 rings (SSSR count). The zero-order chi connectivity index (χ0) is 9.26. The fraction of sp³-hybridized carbons (Fsp3) is 0. The molecule has 0 atom stereocenters. The lowest BCUT2D eigenvalue weighted by Crippen LogP contribution is -1.99. The number of hydrogen-bond acceptors (Lipinski definition) is 1. The van der Waals surface area contributed by atoms with E-state index in [1.165, 1.54) is 23.0 Å². The molecule has 13 heavy (non-hydrogen) atoms. The van der Waals surface area contributed by atoms with E-state index in [0.29, 0.717) is 0 Å². The van der Waals surface area contributed by atoms with Gasteiger partial charge in [-0.15, -0.1) is 0 Å². The Morgan fingerprint density at radius 3 is 2.69 bits per heavy atom. The quantitative estimate of drug-likeness (QED) is 0.657. The SMILES string of the molecule is Fc1cccc(-n2cccn2)c1F. The lowest BCUT2D eigenvalue weighted by atomic mass is 10.3. The molecule has 1 aromatic heterocycles. The molecule has 0 amide bonds. The summed E-state index contributed by atoms with van der Waals surface area (Å²) < 4.78 is 27.2. The molecule has 0 aliphatic heterocycles. The smallest absolute Gasteiger partial charge is 0.184 e. The Morgan fingerprint density at radius 2 is 2.00 bits per heavy atom.